The SMILES string of the molecule is Cc1ccc(NC2CNC2)cc1C(=O)N[C@H](C)c1cccc(-c2ccc(CNC(=O)C3CCC(N)C3)s2)c1. The molecular formula is C30H37N5O2S. The molecule has 3 aromatic rings. The van der Waals surface area contributed by atoms with Crippen LogP contribution in [0.15, 0.2) is 54.6 Å². The zero-order valence-electron chi connectivity index (χ0n) is 22.1. The highest BCUT2D eigenvalue weighted by Crippen LogP contribution is 2.31. The van der Waals surface area contributed by atoms with Crippen LogP contribution >= 0.6 is 11.3 Å². The molecule has 1 aromatic heterocycles. The van der Waals surface area contributed by atoms with Crippen molar-refractivity contribution in [1.82, 2.24) is 16.0 Å². The monoisotopic (exact) mass is 531 g/mol. The summed E-state index contributed by atoms with van der Waals surface area (Å²) in [7, 11) is 0. The van der Waals surface area contributed by atoms with Crippen molar-refractivity contribution in [3.05, 3.63) is 76.2 Å². The number of anilines is 1. The number of aryl methyl sites for hydroxylation is 1. The van der Waals surface area contributed by atoms with Crippen molar-refractivity contribution < 1.29 is 9.59 Å². The van der Waals surface area contributed by atoms with E-state index in [4.69, 9.17) is 5.73 Å². The van der Waals surface area contributed by atoms with E-state index in [9.17, 15) is 9.59 Å². The van der Waals surface area contributed by atoms with Crippen molar-refractivity contribution in [3.63, 3.8) is 0 Å². The number of thiophene rings is 1. The highest BCUT2D eigenvalue weighted by molar-refractivity contribution is 7.15. The average Bonchev–Trinajstić information content (AvgIpc) is 3.55. The molecule has 2 aromatic carbocycles. The van der Waals surface area contributed by atoms with Gasteiger partial charge in [-0.25, -0.2) is 0 Å². The van der Waals surface area contributed by atoms with Gasteiger partial charge in [-0.3, -0.25) is 9.59 Å². The van der Waals surface area contributed by atoms with Gasteiger partial charge in [-0.1, -0.05) is 24.3 Å². The lowest BCUT2D eigenvalue weighted by molar-refractivity contribution is -0.125. The van der Waals surface area contributed by atoms with Gasteiger partial charge in [0.15, 0.2) is 0 Å². The normalized spacial score (nSPS) is 20.0. The lowest BCUT2D eigenvalue weighted by Crippen LogP contribution is -2.51. The molecule has 2 heterocycles. The Bertz CT molecular complexity index is 1300. The molecule has 38 heavy (non-hydrogen) atoms. The van der Waals surface area contributed by atoms with Crippen molar-refractivity contribution >= 4 is 28.8 Å². The molecule has 5 rings (SSSR count). The summed E-state index contributed by atoms with van der Waals surface area (Å²) in [4.78, 5) is 27.9. The van der Waals surface area contributed by atoms with Crippen LogP contribution in [-0.4, -0.2) is 37.0 Å². The number of rotatable bonds is 9. The molecule has 2 aliphatic rings. The smallest absolute Gasteiger partial charge is 0.252 e. The minimum absolute atomic E-state index is 0.0420. The molecule has 2 unspecified atom stereocenters. The number of carbonyl (C=O) groups excluding carboxylic acids is 2. The quantitative estimate of drug-likeness (QED) is 0.282. The van der Waals surface area contributed by atoms with Crippen molar-refractivity contribution in [2.75, 3.05) is 18.4 Å². The predicted octanol–water partition coefficient (Wildman–Crippen LogP) is 4.34. The standard InChI is InChI=1S/C30H37N5O2S/c1-18-6-9-24(35-25-15-32-16-25)14-27(18)30(37)34-19(2)20-4-3-5-21(12-20)28-11-10-26(38-28)17-33-29(36)22-7-8-23(31)13-22/h3-6,9-12,14,19,22-23,25,32,35H,7-8,13,15-17,31H2,1-2H3,(H,33,36)(H,34,37)/t19-,22?,23?/m1/s1. The van der Waals surface area contributed by atoms with E-state index in [2.05, 4.69) is 45.5 Å². The third-order valence-electron chi connectivity index (χ3n) is 7.60. The summed E-state index contributed by atoms with van der Waals surface area (Å²) < 4.78 is 0. The molecule has 0 bridgehead atoms. The van der Waals surface area contributed by atoms with E-state index in [-0.39, 0.29) is 29.8 Å². The molecule has 3 atom stereocenters. The Labute approximate surface area is 228 Å². The third-order valence-corrected chi connectivity index (χ3v) is 8.73. The molecule has 6 N–H and O–H groups in total. The Hall–Kier alpha value is -3.20. The van der Waals surface area contributed by atoms with E-state index in [1.165, 1.54) is 0 Å². The number of nitrogens with two attached hydrogens (primary N) is 1. The van der Waals surface area contributed by atoms with Crippen LogP contribution in [0.3, 0.4) is 0 Å². The Morgan fingerprint density at radius 1 is 1.11 bits per heavy atom. The number of nitrogens with one attached hydrogen (secondary N) is 4. The Morgan fingerprint density at radius 2 is 1.95 bits per heavy atom. The topological polar surface area (TPSA) is 108 Å². The van der Waals surface area contributed by atoms with Gasteiger partial charge in [0.2, 0.25) is 5.91 Å². The maximum atomic E-state index is 13.2. The van der Waals surface area contributed by atoms with Crippen LogP contribution in [0.4, 0.5) is 5.69 Å². The second-order valence-corrected chi connectivity index (χ2v) is 11.8. The highest BCUT2D eigenvalue weighted by atomic mass is 32.1. The average molecular weight is 532 g/mol. The minimum Gasteiger partial charge on any atom is -0.380 e. The van der Waals surface area contributed by atoms with Crippen molar-refractivity contribution in [1.29, 1.82) is 0 Å². The molecule has 0 radical (unpaired) electrons. The highest BCUT2D eigenvalue weighted by Gasteiger charge is 2.27. The van der Waals surface area contributed by atoms with E-state index in [0.29, 0.717) is 18.2 Å². The van der Waals surface area contributed by atoms with E-state index in [1.54, 1.807) is 11.3 Å². The predicted molar refractivity (Wildman–Crippen MR) is 154 cm³/mol. The first kappa shape index (κ1) is 26.4. The lowest BCUT2D eigenvalue weighted by Gasteiger charge is -2.29. The lowest BCUT2D eigenvalue weighted by atomic mass is 10.0. The Morgan fingerprint density at radius 3 is 2.68 bits per heavy atom. The van der Waals surface area contributed by atoms with Crippen LogP contribution in [0.1, 0.15) is 58.6 Å². The molecule has 0 spiro atoms. The van der Waals surface area contributed by atoms with Gasteiger partial charge in [0, 0.05) is 46.1 Å². The second kappa shape index (κ2) is 11.7. The fourth-order valence-electron chi connectivity index (χ4n) is 5.10. The van der Waals surface area contributed by atoms with Crippen LogP contribution in [0.25, 0.3) is 10.4 Å². The summed E-state index contributed by atoms with van der Waals surface area (Å²) in [5, 5.41) is 13.0. The van der Waals surface area contributed by atoms with Gasteiger partial charge >= 0.3 is 0 Å². The number of amides is 2. The van der Waals surface area contributed by atoms with Gasteiger partial charge in [-0.2, -0.15) is 0 Å². The molecule has 200 valence electrons. The first-order chi connectivity index (χ1) is 18.4. The molecule has 1 aliphatic heterocycles. The van der Waals surface area contributed by atoms with E-state index in [0.717, 1.165) is 64.5 Å². The molecule has 8 heteroatoms. The van der Waals surface area contributed by atoms with E-state index < -0.39 is 0 Å². The minimum atomic E-state index is -0.147. The molecule has 2 fully saturated rings. The largest absolute Gasteiger partial charge is 0.380 e. The summed E-state index contributed by atoms with van der Waals surface area (Å²) in [6, 6.07) is 18.8. The third kappa shape index (κ3) is 6.26. The molecular weight excluding hydrogens is 494 g/mol. The van der Waals surface area contributed by atoms with Crippen LogP contribution in [0, 0.1) is 12.8 Å². The van der Waals surface area contributed by atoms with Crippen LogP contribution < -0.4 is 27.0 Å². The Kier molecular flexibility index (Phi) is 8.12. The molecule has 1 saturated heterocycles. The van der Waals surface area contributed by atoms with E-state index >= 15 is 0 Å². The molecule has 7 nitrogen and oxygen atoms in total. The summed E-state index contributed by atoms with van der Waals surface area (Å²) >= 11 is 1.68. The van der Waals surface area contributed by atoms with E-state index in [1.807, 2.05) is 44.2 Å². The van der Waals surface area contributed by atoms with Crippen molar-refractivity contribution in [3.8, 4) is 10.4 Å². The maximum Gasteiger partial charge on any atom is 0.252 e. The second-order valence-electron chi connectivity index (χ2n) is 10.6. The van der Waals surface area contributed by atoms with Gasteiger partial charge in [-0.15, -0.1) is 11.3 Å². The first-order valence-corrected chi connectivity index (χ1v) is 14.3. The summed E-state index contributed by atoms with van der Waals surface area (Å²) in [5.41, 5.74) is 10.7. The van der Waals surface area contributed by atoms with Gasteiger partial charge in [0.1, 0.15) is 0 Å². The van der Waals surface area contributed by atoms with Crippen LogP contribution in [0.5, 0.6) is 0 Å². The number of hydrogen-bond donors (Lipinski definition) is 5. The first-order valence-electron chi connectivity index (χ1n) is 13.5. The van der Waals surface area contributed by atoms with Crippen LogP contribution in [-0.2, 0) is 11.3 Å². The van der Waals surface area contributed by atoms with Crippen molar-refractivity contribution in [2.45, 2.75) is 57.8 Å². The molecule has 1 saturated carbocycles. The Balaban J connectivity index is 1.20. The molecule has 1 aliphatic carbocycles. The fourth-order valence-corrected chi connectivity index (χ4v) is 6.05. The fraction of sp³-hybridized carbons (Fsp3) is 0.400. The van der Waals surface area contributed by atoms with Crippen molar-refractivity contribution in [2.24, 2.45) is 11.7 Å². The van der Waals surface area contributed by atoms with Crippen LogP contribution in [0.2, 0.25) is 0 Å². The van der Waals surface area contributed by atoms with Gasteiger partial charge in [0.05, 0.1) is 18.6 Å². The summed E-state index contributed by atoms with van der Waals surface area (Å²) in [6.07, 6.45) is 2.59. The van der Waals surface area contributed by atoms with Gasteiger partial charge < -0.3 is 27.0 Å². The summed E-state index contributed by atoms with van der Waals surface area (Å²) in [5.74, 6) is 0.0737. The maximum absolute atomic E-state index is 13.2. The zero-order chi connectivity index (χ0) is 26.6. The number of carbonyl (C=O) groups is 2. The zero-order valence-corrected chi connectivity index (χ0v) is 22.9. The molecule has 2 amide bonds. The number of benzene rings is 2. The number of hydrogen-bond acceptors (Lipinski definition) is 6. The van der Waals surface area contributed by atoms with Gasteiger partial charge in [0.25, 0.3) is 5.91 Å². The summed E-state index contributed by atoms with van der Waals surface area (Å²) in [6.45, 7) is 6.40. The van der Waals surface area contributed by atoms with Gasteiger partial charge in [-0.05, 0) is 80.1 Å².